The van der Waals surface area contributed by atoms with E-state index in [9.17, 15) is 14.0 Å². The molecule has 2 fully saturated rings. The van der Waals surface area contributed by atoms with Gasteiger partial charge in [-0.15, -0.1) is 0 Å². The van der Waals surface area contributed by atoms with E-state index in [1.807, 2.05) is 72.5 Å². The second-order valence-electron chi connectivity index (χ2n) is 13.9. The van der Waals surface area contributed by atoms with Gasteiger partial charge in [0.25, 0.3) is 0 Å². The van der Waals surface area contributed by atoms with Crippen molar-refractivity contribution < 1.29 is 28.2 Å². The van der Waals surface area contributed by atoms with E-state index in [2.05, 4.69) is 27.2 Å². The molecule has 0 bridgehead atoms. The van der Waals surface area contributed by atoms with E-state index in [1.165, 1.54) is 6.07 Å². The molecule has 0 radical (unpaired) electrons. The molecule has 6 rings (SSSR count). The number of nitrogens with one attached hydrogen (secondary N) is 1. The quantitative estimate of drug-likeness (QED) is 0.143. The van der Waals surface area contributed by atoms with Crippen molar-refractivity contribution in [1.29, 1.82) is 0 Å². The summed E-state index contributed by atoms with van der Waals surface area (Å²) in [6.07, 6.45) is 1.69. The average molecular weight is 757 g/mol. The number of para-hydroxylation sites is 1. The number of piperazine rings is 1. The summed E-state index contributed by atoms with van der Waals surface area (Å²) in [5, 5.41) is 3.66. The lowest BCUT2D eigenvalue weighted by atomic mass is 9.88. The van der Waals surface area contributed by atoms with Gasteiger partial charge in [0.15, 0.2) is 0 Å². The molecule has 0 unspecified atom stereocenters. The summed E-state index contributed by atoms with van der Waals surface area (Å²) in [7, 11) is 1.68. The number of hydrogen-bond acceptors (Lipinski definition) is 7. The largest absolute Gasteiger partial charge is 0.496 e. The number of carbonyl (C=O) groups excluding carboxylic acids is 2. The molecular formula is C43H50ClFN4O5. The lowest BCUT2D eigenvalue weighted by Gasteiger charge is -2.40. The van der Waals surface area contributed by atoms with Gasteiger partial charge in [0.1, 0.15) is 30.0 Å². The van der Waals surface area contributed by atoms with E-state index >= 15 is 0 Å². The van der Waals surface area contributed by atoms with Gasteiger partial charge >= 0.3 is 6.09 Å². The topological polar surface area (TPSA) is 83.6 Å². The van der Waals surface area contributed by atoms with Crippen molar-refractivity contribution in [2.75, 3.05) is 59.5 Å². The molecule has 1 atom stereocenters. The fourth-order valence-corrected chi connectivity index (χ4v) is 7.68. The number of likely N-dealkylation sites (tertiary alicyclic amines) is 1. The zero-order chi connectivity index (χ0) is 37.9. The van der Waals surface area contributed by atoms with Crippen molar-refractivity contribution in [3.63, 3.8) is 0 Å². The first-order valence-corrected chi connectivity index (χ1v) is 19.2. The molecule has 2 heterocycles. The number of halogens is 2. The number of carbonyl (C=O) groups is 2. The van der Waals surface area contributed by atoms with Gasteiger partial charge < -0.3 is 29.3 Å². The van der Waals surface area contributed by atoms with Crippen LogP contribution in [0, 0.1) is 11.7 Å². The highest BCUT2D eigenvalue weighted by Crippen LogP contribution is 2.34. The molecule has 2 aliphatic rings. The molecule has 9 nitrogen and oxygen atoms in total. The van der Waals surface area contributed by atoms with Crippen LogP contribution in [-0.4, -0.2) is 92.3 Å². The summed E-state index contributed by atoms with van der Waals surface area (Å²) in [4.78, 5) is 33.8. The molecule has 0 spiro atoms. The maximum absolute atomic E-state index is 14.8. The number of benzene rings is 4. The van der Waals surface area contributed by atoms with E-state index in [1.54, 1.807) is 19.2 Å². The third kappa shape index (κ3) is 10.1. The maximum Gasteiger partial charge on any atom is 0.408 e. The number of rotatable bonds is 14. The number of methoxy groups -OCH3 is 1. The molecule has 2 aliphatic heterocycles. The van der Waals surface area contributed by atoms with Crippen molar-refractivity contribution in [3.8, 4) is 22.6 Å². The second-order valence-corrected chi connectivity index (χ2v) is 14.3. The predicted molar refractivity (Wildman–Crippen MR) is 209 cm³/mol. The molecule has 4 aromatic carbocycles. The zero-order valence-corrected chi connectivity index (χ0v) is 31.9. The fraction of sp³-hybridized carbons (Fsp3) is 0.395. The van der Waals surface area contributed by atoms with E-state index in [0.717, 1.165) is 66.9 Å². The Labute approximate surface area is 322 Å². The smallest absolute Gasteiger partial charge is 0.408 e. The molecule has 1 N–H and O–H groups in total. The van der Waals surface area contributed by atoms with Gasteiger partial charge in [-0.1, -0.05) is 72.3 Å². The van der Waals surface area contributed by atoms with Crippen LogP contribution < -0.4 is 14.8 Å². The van der Waals surface area contributed by atoms with Crippen LogP contribution in [0.5, 0.6) is 11.5 Å². The maximum atomic E-state index is 14.8. The predicted octanol–water partition coefficient (Wildman–Crippen LogP) is 7.45. The third-order valence-electron chi connectivity index (χ3n) is 10.5. The van der Waals surface area contributed by atoms with Gasteiger partial charge in [0.05, 0.1) is 13.7 Å². The Morgan fingerprint density at radius 1 is 0.852 bits per heavy atom. The van der Waals surface area contributed by atoms with E-state index in [4.69, 9.17) is 25.8 Å². The van der Waals surface area contributed by atoms with Gasteiger partial charge in [-0.25, -0.2) is 9.18 Å². The third-order valence-corrected chi connectivity index (χ3v) is 10.7. The van der Waals surface area contributed by atoms with Crippen LogP contribution >= 0.6 is 11.6 Å². The van der Waals surface area contributed by atoms with Crippen LogP contribution in [0.2, 0.25) is 5.02 Å². The average Bonchev–Trinajstić information content (AvgIpc) is 3.20. The highest BCUT2D eigenvalue weighted by Gasteiger charge is 2.37. The van der Waals surface area contributed by atoms with Gasteiger partial charge in [-0.05, 0) is 92.2 Å². The summed E-state index contributed by atoms with van der Waals surface area (Å²) in [6, 6.07) is 27.7. The first-order valence-electron chi connectivity index (χ1n) is 18.9. The molecule has 54 heavy (non-hydrogen) atoms. The van der Waals surface area contributed by atoms with E-state index < -0.39 is 12.1 Å². The Hall–Kier alpha value is -4.64. The minimum Gasteiger partial charge on any atom is -0.496 e. The molecule has 4 aromatic rings. The van der Waals surface area contributed by atoms with Crippen molar-refractivity contribution in [3.05, 3.63) is 119 Å². The summed E-state index contributed by atoms with van der Waals surface area (Å²) in [6.45, 7) is 7.36. The zero-order valence-electron chi connectivity index (χ0n) is 31.1. The molecule has 0 saturated carbocycles. The first-order chi connectivity index (χ1) is 26.3. The van der Waals surface area contributed by atoms with Crippen LogP contribution in [0.15, 0.2) is 91.0 Å². The summed E-state index contributed by atoms with van der Waals surface area (Å²) < 4.78 is 31.7. The van der Waals surface area contributed by atoms with Crippen LogP contribution in [0.3, 0.4) is 0 Å². The lowest BCUT2D eigenvalue weighted by Crippen LogP contribution is -2.58. The van der Waals surface area contributed by atoms with Gasteiger partial charge in [-0.2, -0.15) is 0 Å². The summed E-state index contributed by atoms with van der Waals surface area (Å²) in [5.74, 6) is 0.901. The van der Waals surface area contributed by atoms with Crippen LogP contribution in [0.25, 0.3) is 11.1 Å². The number of nitrogens with zero attached hydrogens (tertiary/aromatic N) is 3. The van der Waals surface area contributed by atoms with Gasteiger partial charge in [-0.3, -0.25) is 9.69 Å². The number of hydrogen-bond donors (Lipinski definition) is 1. The lowest BCUT2D eigenvalue weighted by molar-refractivity contribution is -0.137. The number of piperidine rings is 1. The molecule has 0 aliphatic carbocycles. The monoisotopic (exact) mass is 756 g/mol. The van der Waals surface area contributed by atoms with Gasteiger partial charge in [0.2, 0.25) is 5.91 Å². The Kier molecular flexibility index (Phi) is 13.8. The molecule has 2 saturated heterocycles. The van der Waals surface area contributed by atoms with Crippen LogP contribution in [0.4, 0.5) is 9.18 Å². The molecule has 2 amide bonds. The van der Waals surface area contributed by atoms with Crippen LogP contribution in [-0.2, 0) is 29.1 Å². The van der Waals surface area contributed by atoms with Crippen molar-refractivity contribution in [2.24, 2.45) is 5.92 Å². The Morgan fingerprint density at radius 3 is 2.31 bits per heavy atom. The molecular weight excluding hydrogens is 707 g/mol. The summed E-state index contributed by atoms with van der Waals surface area (Å²) in [5.41, 5.74) is 4.67. The molecule has 11 heteroatoms. The molecule has 0 aromatic heterocycles. The minimum atomic E-state index is -0.719. The number of alkyl carbamates (subject to hydrolysis) is 1. The Balaban J connectivity index is 1.09. The SMILES string of the molecule is CCOc1cccc(F)c1CN1CCN(C(=O)[C@H](NC(=O)OCc2ccccc2)C2CCN(CCc3cc(Cl)ccc3-c3ccccc3OC)CC2)CC1. The highest BCUT2D eigenvalue weighted by molar-refractivity contribution is 6.30. The fourth-order valence-electron chi connectivity index (χ4n) is 7.49. The number of amides is 2. The first kappa shape index (κ1) is 39.1. The number of ether oxygens (including phenoxy) is 3. The molecule has 286 valence electrons. The van der Waals surface area contributed by atoms with Crippen molar-refractivity contribution in [1.82, 2.24) is 20.0 Å². The van der Waals surface area contributed by atoms with Crippen molar-refractivity contribution in [2.45, 2.75) is 45.4 Å². The van der Waals surface area contributed by atoms with Gasteiger partial charge in [0, 0.05) is 55.4 Å². The minimum absolute atomic E-state index is 0.0569. The Bertz CT molecular complexity index is 1850. The highest BCUT2D eigenvalue weighted by atomic mass is 35.5. The second kappa shape index (κ2) is 19.1. The van der Waals surface area contributed by atoms with E-state index in [0.29, 0.717) is 55.7 Å². The van der Waals surface area contributed by atoms with E-state index in [-0.39, 0.29) is 24.2 Å². The standard InChI is InChI=1S/C43H50ClFN4O5/c1-3-53-40-15-9-13-38(45)37(40)29-48-24-26-49(27-25-48)42(50)41(46-43(51)54-30-31-10-5-4-6-11-31)32-18-21-47(22-19-32)23-20-33-28-34(44)16-17-35(33)36-12-7-8-14-39(36)52-2/h4-17,28,32,41H,3,18-27,29-30H2,1-2H3,(H,46,51)/t41-/m1/s1. The Morgan fingerprint density at radius 2 is 1.57 bits per heavy atom. The van der Waals surface area contributed by atoms with Crippen LogP contribution in [0.1, 0.15) is 36.5 Å². The summed E-state index contributed by atoms with van der Waals surface area (Å²) >= 11 is 6.47. The van der Waals surface area contributed by atoms with Crippen molar-refractivity contribution >= 4 is 23.6 Å². The normalized spacial score (nSPS) is 16.1.